The third-order valence-corrected chi connectivity index (χ3v) is 4.15. The molecule has 0 aliphatic carbocycles. The molecule has 7 heteroatoms. The van der Waals surface area contributed by atoms with Crippen molar-refractivity contribution in [1.82, 2.24) is 10.0 Å². The number of sulfonamides is 1. The minimum atomic E-state index is -3.39. The van der Waals surface area contributed by atoms with E-state index in [1.807, 2.05) is 6.07 Å². The molecule has 118 valence electrons. The number of hydrogen-bond acceptors (Lipinski definition) is 4. The molecule has 1 rings (SSSR count). The lowest BCUT2D eigenvalue weighted by Crippen LogP contribution is -2.32. The summed E-state index contributed by atoms with van der Waals surface area (Å²) in [4.78, 5) is 11.4. The van der Waals surface area contributed by atoms with E-state index in [1.54, 1.807) is 32.0 Å². The summed E-state index contributed by atoms with van der Waals surface area (Å²) in [5, 5.41) is 2.69. The van der Waals surface area contributed by atoms with Crippen LogP contribution in [0.5, 0.6) is 0 Å². The Morgan fingerprint density at radius 3 is 2.43 bits per heavy atom. The number of nitrogens with one attached hydrogen (secondary N) is 2. The first kappa shape index (κ1) is 17.6. The van der Waals surface area contributed by atoms with Gasteiger partial charge in [0.15, 0.2) is 0 Å². The van der Waals surface area contributed by atoms with Crippen molar-refractivity contribution in [2.75, 3.05) is 13.7 Å². The summed E-state index contributed by atoms with van der Waals surface area (Å²) < 4.78 is 31.2. The van der Waals surface area contributed by atoms with Crippen molar-refractivity contribution in [3.8, 4) is 0 Å². The van der Waals surface area contributed by atoms with E-state index in [9.17, 15) is 13.2 Å². The average Bonchev–Trinajstić information content (AvgIpc) is 2.36. The first-order valence-electron chi connectivity index (χ1n) is 6.66. The lowest BCUT2D eigenvalue weighted by Gasteiger charge is -2.13. The summed E-state index contributed by atoms with van der Waals surface area (Å²) in [6.07, 6.45) is 0. The number of carbonyl (C=O) groups is 1. The molecule has 6 nitrogen and oxygen atoms in total. The topological polar surface area (TPSA) is 84.5 Å². The second-order valence-corrected chi connectivity index (χ2v) is 6.76. The van der Waals surface area contributed by atoms with E-state index in [1.165, 1.54) is 7.11 Å². The van der Waals surface area contributed by atoms with Gasteiger partial charge in [-0.3, -0.25) is 4.79 Å². The molecule has 0 fully saturated rings. The number of benzene rings is 1. The second-order valence-electron chi connectivity index (χ2n) is 5.01. The Bertz CT molecular complexity index is 570. The fourth-order valence-corrected chi connectivity index (χ4v) is 3.34. The van der Waals surface area contributed by atoms with Gasteiger partial charge >= 0.3 is 0 Å². The van der Waals surface area contributed by atoms with Crippen LogP contribution in [0.1, 0.15) is 25.0 Å². The Hall–Kier alpha value is -1.44. The van der Waals surface area contributed by atoms with Crippen LogP contribution in [-0.4, -0.2) is 34.1 Å². The molecule has 0 saturated carbocycles. The summed E-state index contributed by atoms with van der Waals surface area (Å²) in [7, 11) is -1.95. The summed E-state index contributed by atoms with van der Waals surface area (Å²) in [6, 6.07) is 6.98. The number of methoxy groups -OCH3 is 1. The molecule has 0 bridgehead atoms. The largest absolute Gasteiger partial charge is 0.375 e. The maximum atomic E-state index is 12.0. The molecule has 0 aromatic heterocycles. The molecule has 0 unspecified atom stereocenters. The van der Waals surface area contributed by atoms with E-state index in [4.69, 9.17) is 4.74 Å². The van der Waals surface area contributed by atoms with Crippen LogP contribution < -0.4 is 10.0 Å². The molecule has 1 amide bonds. The van der Waals surface area contributed by atoms with Crippen molar-refractivity contribution in [2.45, 2.75) is 32.2 Å². The number of ether oxygens (including phenoxy) is 1. The molecule has 0 heterocycles. The Morgan fingerprint density at radius 1 is 1.24 bits per heavy atom. The third kappa shape index (κ3) is 6.70. The highest BCUT2D eigenvalue weighted by molar-refractivity contribution is 7.88. The van der Waals surface area contributed by atoms with E-state index in [0.29, 0.717) is 5.56 Å². The van der Waals surface area contributed by atoms with Gasteiger partial charge in [0.1, 0.15) is 6.61 Å². The Morgan fingerprint density at radius 2 is 1.86 bits per heavy atom. The van der Waals surface area contributed by atoms with Crippen molar-refractivity contribution in [2.24, 2.45) is 0 Å². The molecule has 0 atom stereocenters. The predicted octanol–water partition coefficient (Wildman–Crippen LogP) is 0.777. The number of amides is 1. The van der Waals surface area contributed by atoms with Gasteiger partial charge in [0.25, 0.3) is 0 Å². The molecule has 21 heavy (non-hydrogen) atoms. The lowest BCUT2D eigenvalue weighted by atomic mass is 10.1. The van der Waals surface area contributed by atoms with Gasteiger partial charge in [-0.2, -0.15) is 0 Å². The van der Waals surface area contributed by atoms with E-state index in [0.717, 1.165) is 5.56 Å². The predicted molar refractivity (Wildman–Crippen MR) is 81.1 cm³/mol. The first-order valence-corrected chi connectivity index (χ1v) is 8.31. The summed E-state index contributed by atoms with van der Waals surface area (Å²) >= 11 is 0. The first-order chi connectivity index (χ1) is 9.84. The van der Waals surface area contributed by atoms with Crippen LogP contribution in [0.15, 0.2) is 24.3 Å². The Kier molecular flexibility index (Phi) is 6.80. The molecular formula is C14H22N2O4S. The summed E-state index contributed by atoms with van der Waals surface area (Å²) in [6.45, 7) is 3.80. The summed E-state index contributed by atoms with van der Waals surface area (Å²) in [5.74, 6) is -0.350. The minimum absolute atomic E-state index is 0.0185. The van der Waals surface area contributed by atoms with Crippen LogP contribution in [0.3, 0.4) is 0 Å². The zero-order chi connectivity index (χ0) is 15.9. The van der Waals surface area contributed by atoms with Gasteiger partial charge in [0.2, 0.25) is 15.9 Å². The molecule has 0 aliphatic rings. The maximum absolute atomic E-state index is 12.0. The quantitative estimate of drug-likeness (QED) is 0.742. The van der Waals surface area contributed by atoms with Crippen LogP contribution >= 0.6 is 0 Å². The average molecular weight is 314 g/mol. The monoisotopic (exact) mass is 314 g/mol. The molecule has 1 aromatic carbocycles. The zero-order valence-corrected chi connectivity index (χ0v) is 13.4. The van der Waals surface area contributed by atoms with E-state index in [-0.39, 0.29) is 30.9 Å². The van der Waals surface area contributed by atoms with Crippen molar-refractivity contribution in [3.63, 3.8) is 0 Å². The van der Waals surface area contributed by atoms with Crippen molar-refractivity contribution >= 4 is 15.9 Å². The highest BCUT2D eigenvalue weighted by atomic mass is 32.2. The lowest BCUT2D eigenvalue weighted by molar-refractivity contribution is -0.124. The Labute approximate surface area is 125 Å². The van der Waals surface area contributed by atoms with Gasteiger partial charge in [0.05, 0.1) is 5.75 Å². The molecule has 0 saturated heterocycles. The van der Waals surface area contributed by atoms with E-state index >= 15 is 0 Å². The molecule has 0 aliphatic heterocycles. The van der Waals surface area contributed by atoms with Crippen molar-refractivity contribution in [1.29, 1.82) is 0 Å². The Balaban J connectivity index is 2.78. The van der Waals surface area contributed by atoms with Crippen LogP contribution in [0.25, 0.3) is 0 Å². The van der Waals surface area contributed by atoms with Gasteiger partial charge < -0.3 is 10.1 Å². The highest BCUT2D eigenvalue weighted by Crippen LogP contribution is 2.12. The molecule has 0 spiro atoms. The fraction of sp³-hybridized carbons (Fsp3) is 0.500. The second kappa shape index (κ2) is 8.11. The fourth-order valence-electron chi connectivity index (χ4n) is 1.85. The van der Waals surface area contributed by atoms with Crippen molar-refractivity contribution < 1.29 is 17.9 Å². The molecule has 2 N–H and O–H groups in total. The van der Waals surface area contributed by atoms with Crippen LogP contribution in [0.4, 0.5) is 0 Å². The number of hydrogen-bond donors (Lipinski definition) is 2. The molecular weight excluding hydrogens is 292 g/mol. The van der Waals surface area contributed by atoms with E-state index in [2.05, 4.69) is 10.0 Å². The van der Waals surface area contributed by atoms with Crippen LogP contribution in [0, 0.1) is 0 Å². The van der Waals surface area contributed by atoms with Gasteiger partial charge in [-0.05, 0) is 25.0 Å². The maximum Gasteiger partial charge on any atom is 0.246 e. The number of rotatable bonds is 8. The highest BCUT2D eigenvalue weighted by Gasteiger charge is 2.15. The third-order valence-electron chi connectivity index (χ3n) is 2.63. The van der Waals surface area contributed by atoms with Gasteiger partial charge in [-0.15, -0.1) is 0 Å². The zero-order valence-electron chi connectivity index (χ0n) is 12.5. The summed E-state index contributed by atoms with van der Waals surface area (Å²) in [5.41, 5.74) is 1.44. The van der Waals surface area contributed by atoms with E-state index < -0.39 is 10.0 Å². The van der Waals surface area contributed by atoms with Gasteiger partial charge in [-0.1, -0.05) is 24.3 Å². The smallest absolute Gasteiger partial charge is 0.246 e. The standard InChI is InChI=1S/C14H22N2O4S/c1-11(2)16-21(18,19)10-13-7-5-4-6-12(13)8-15-14(17)9-20-3/h4-7,11,16H,8-10H2,1-3H3,(H,15,17). The SMILES string of the molecule is COCC(=O)NCc1ccccc1CS(=O)(=O)NC(C)C. The van der Waals surface area contributed by atoms with Gasteiger partial charge in [0, 0.05) is 19.7 Å². The minimum Gasteiger partial charge on any atom is -0.375 e. The molecule has 1 aromatic rings. The normalized spacial score (nSPS) is 11.6. The van der Waals surface area contributed by atoms with Crippen LogP contribution in [0.2, 0.25) is 0 Å². The van der Waals surface area contributed by atoms with Crippen molar-refractivity contribution in [3.05, 3.63) is 35.4 Å². The van der Waals surface area contributed by atoms with Gasteiger partial charge in [-0.25, -0.2) is 13.1 Å². The molecule has 0 radical (unpaired) electrons. The number of carbonyl (C=O) groups excluding carboxylic acids is 1. The van der Waals surface area contributed by atoms with Crippen LogP contribution in [-0.2, 0) is 31.9 Å².